The Labute approximate surface area is 146 Å². The molecule has 3 rings (SSSR count). The first kappa shape index (κ1) is 16.9. The van der Waals surface area contributed by atoms with E-state index in [-0.39, 0.29) is 17.0 Å². The maximum Gasteiger partial charge on any atom is 0.275 e. The molecule has 0 fully saturated rings. The number of benzene rings is 1. The minimum atomic E-state index is -0.537. The summed E-state index contributed by atoms with van der Waals surface area (Å²) in [4.78, 5) is 10.3. The van der Waals surface area contributed by atoms with E-state index in [4.69, 9.17) is 0 Å². The van der Waals surface area contributed by atoms with Crippen LogP contribution in [0.2, 0.25) is 0 Å². The van der Waals surface area contributed by atoms with E-state index < -0.39 is 4.92 Å². The Balaban J connectivity index is 1.85. The number of nitro benzene ring substituents is 1. The fraction of sp³-hybridized carbons (Fsp3) is 0.286. The lowest BCUT2D eigenvalue weighted by molar-refractivity contribution is -0.384. The van der Waals surface area contributed by atoms with E-state index >= 15 is 0 Å². The summed E-state index contributed by atoms with van der Waals surface area (Å²) in [5, 5.41) is 37.8. The smallest absolute Gasteiger partial charge is 0.275 e. The highest BCUT2D eigenvalue weighted by Gasteiger charge is 2.12. The van der Waals surface area contributed by atoms with Crippen molar-refractivity contribution in [1.29, 1.82) is 0 Å². The number of thioether (sulfide) groups is 1. The van der Waals surface area contributed by atoms with E-state index in [9.17, 15) is 15.2 Å². The van der Waals surface area contributed by atoms with Gasteiger partial charge in [0.25, 0.3) is 11.5 Å². The van der Waals surface area contributed by atoms with Crippen LogP contribution in [0.4, 0.5) is 5.69 Å². The Morgan fingerprint density at radius 2 is 2.28 bits per heavy atom. The molecule has 3 aromatic rings. The van der Waals surface area contributed by atoms with Crippen LogP contribution < -0.4 is 0 Å². The average molecular weight is 361 g/mol. The molecular formula is C14H15N7O3S. The summed E-state index contributed by atoms with van der Waals surface area (Å²) in [5.74, 6) is 1.23. The first-order chi connectivity index (χ1) is 12.1. The van der Waals surface area contributed by atoms with Crippen LogP contribution in [0, 0.1) is 10.1 Å². The number of fused-ring (bicyclic) bond motifs is 1. The molecule has 0 aliphatic rings. The maximum atomic E-state index is 10.8. The van der Waals surface area contributed by atoms with Crippen LogP contribution in [0.5, 0.6) is 5.75 Å². The minimum Gasteiger partial charge on any atom is -0.507 e. The molecule has 1 aromatic carbocycles. The number of non-ortho nitro benzene ring substituents is 1. The van der Waals surface area contributed by atoms with Crippen LogP contribution in [-0.2, 0) is 0 Å². The Morgan fingerprint density at radius 3 is 3.04 bits per heavy atom. The molecule has 2 heterocycles. The Morgan fingerprint density at radius 1 is 1.44 bits per heavy atom. The van der Waals surface area contributed by atoms with Gasteiger partial charge in [-0.3, -0.25) is 10.1 Å². The predicted octanol–water partition coefficient (Wildman–Crippen LogP) is 2.31. The van der Waals surface area contributed by atoms with E-state index in [1.807, 2.05) is 0 Å². The fourth-order valence-electron chi connectivity index (χ4n) is 2.02. The summed E-state index contributed by atoms with van der Waals surface area (Å²) in [6, 6.07) is 3.71. The number of aromatic hydroxyl groups is 1. The van der Waals surface area contributed by atoms with E-state index in [2.05, 4.69) is 27.3 Å². The summed E-state index contributed by atoms with van der Waals surface area (Å²) < 4.78 is 2.96. The molecule has 0 atom stereocenters. The number of nitrogens with zero attached hydrogens (tertiary/aromatic N) is 7. The van der Waals surface area contributed by atoms with Crippen LogP contribution in [0.15, 0.2) is 34.8 Å². The number of phenolic OH excluding ortho intramolecular Hbond substituents is 1. The summed E-state index contributed by atoms with van der Waals surface area (Å²) in [6.45, 7) is 2.12. The SMILES string of the molecule is CCCCSc1nnc2n(N=Cc3cc([N+](=O)[O-])ccc3O)cnn12. The van der Waals surface area contributed by atoms with Gasteiger partial charge in [0.05, 0.1) is 11.1 Å². The monoisotopic (exact) mass is 361 g/mol. The van der Waals surface area contributed by atoms with Crippen molar-refractivity contribution >= 4 is 29.4 Å². The van der Waals surface area contributed by atoms with E-state index in [1.54, 1.807) is 16.3 Å². The second-order valence-corrected chi connectivity index (χ2v) is 6.18. The van der Waals surface area contributed by atoms with Crippen molar-refractivity contribution in [2.45, 2.75) is 24.9 Å². The van der Waals surface area contributed by atoms with Gasteiger partial charge in [-0.1, -0.05) is 25.1 Å². The van der Waals surface area contributed by atoms with Crippen molar-refractivity contribution in [2.24, 2.45) is 5.10 Å². The standard InChI is InChI=1S/C14H15N7O3S/c1-2-3-6-25-14-18-17-13-19(9-16-20(13)14)15-8-10-7-11(21(23)24)4-5-12(10)22/h4-5,7-9,22H,2-3,6H2,1H3. The molecule has 0 radical (unpaired) electrons. The molecule has 0 spiro atoms. The third kappa shape index (κ3) is 3.60. The highest BCUT2D eigenvalue weighted by molar-refractivity contribution is 7.99. The van der Waals surface area contributed by atoms with E-state index in [1.165, 1.54) is 35.4 Å². The van der Waals surface area contributed by atoms with Crippen molar-refractivity contribution < 1.29 is 10.0 Å². The third-order valence-electron chi connectivity index (χ3n) is 3.35. The molecule has 25 heavy (non-hydrogen) atoms. The lowest BCUT2D eigenvalue weighted by Gasteiger charge is -1.98. The Kier molecular flexibility index (Phi) is 4.93. The lowest BCUT2D eigenvalue weighted by Crippen LogP contribution is -1.93. The zero-order valence-corrected chi connectivity index (χ0v) is 14.1. The van der Waals surface area contributed by atoms with Crippen molar-refractivity contribution in [1.82, 2.24) is 24.5 Å². The van der Waals surface area contributed by atoms with Gasteiger partial charge in [-0.15, -0.1) is 10.2 Å². The number of hydrogen-bond donors (Lipinski definition) is 1. The topological polar surface area (TPSA) is 124 Å². The molecule has 0 amide bonds. The largest absolute Gasteiger partial charge is 0.507 e. The van der Waals surface area contributed by atoms with Crippen LogP contribution in [0.25, 0.3) is 5.78 Å². The van der Waals surface area contributed by atoms with Gasteiger partial charge in [-0.2, -0.15) is 19.4 Å². The Bertz CT molecular complexity index is 934. The summed E-state index contributed by atoms with van der Waals surface area (Å²) in [7, 11) is 0. The van der Waals surface area contributed by atoms with E-state index in [0.717, 1.165) is 18.6 Å². The quantitative estimate of drug-likeness (QED) is 0.225. The molecule has 0 unspecified atom stereocenters. The molecule has 0 aliphatic heterocycles. The second-order valence-electron chi connectivity index (χ2n) is 5.12. The van der Waals surface area contributed by atoms with Gasteiger partial charge in [-0.05, 0) is 12.5 Å². The van der Waals surface area contributed by atoms with Crippen LogP contribution in [0.1, 0.15) is 25.3 Å². The van der Waals surface area contributed by atoms with Gasteiger partial charge in [0.15, 0.2) is 0 Å². The highest BCUT2D eigenvalue weighted by atomic mass is 32.2. The number of phenols is 1. The van der Waals surface area contributed by atoms with Gasteiger partial charge in [0.2, 0.25) is 5.16 Å². The molecule has 0 saturated carbocycles. The van der Waals surface area contributed by atoms with Crippen molar-refractivity contribution in [2.75, 3.05) is 5.75 Å². The van der Waals surface area contributed by atoms with E-state index in [0.29, 0.717) is 10.9 Å². The van der Waals surface area contributed by atoms with Crippen molar-refractivity contribution in [3.05, 3.63) is 40.2 Å². The molecule has 10 nitrogen and oxygen atoms in total. The zero-order chi connectivity index (χ0) is 17.8. The predicted molar refractivity (Wildman–Crippen MR) is 92.2 cm³/mol. The van der Waals surface area contributed by atoms with Crippen molar-refractivity contribution in [3.63, 3.8) is 0 Å². The molecule has 2 aromatic heterocycles. The molecular weight excluding hydrogens is 346 g/mol. The van der Waals surface area contributed by atoms with Gasteiger partial charge < -0.3 is 5.11 Å². The molecule has 0 saturated heterocycles. The second kappa shape index (κ2) is 7.30. The first-order valence-corrected chi connectivity index (χ1v) is 8.52. The van der Waals surface area contributed by atoms with Crippen molar-refractivity contribution in [3.8, 4) is 5.75 Å². The molecule has 1 N–H and O–H groups in total. The van der Waals surface area contributed by atoms with Crippen LogP contribution in [0.3, 0.4) is 0 Å². The fourth-order valence-corrected chi connectivity index (χ4v) is 2.98. The normalized spacial score (nSPS) is 11.6. The molecule has 0 aliphatic carbocycles. The number of rotatable bonds is 7. The number of nitro groups is 1. The van der Waals surface area contributed by atoms with Gasteiger partial charge in [-0.25, -0.2) is 0 Å². The lowest BCUT2D eigenvalue weighted by atomic mass is 10.2. The zero-order valence-electron chi connectivity index (χ0n) is 13.3. The summed E-state index contributed by atoms with van der Waals surface area (Å²) >= 11 is 1.56. The van der Waals surface area contributed by atoms with Gasteiger partial charge in [0, 0.05) is 23.4 Å². The van der Waals surface area contributed by atoms with Crippen LogP contribution >= 0.6 is 11.8 Å². The molecule has 0 bridgehead atoms. The average Bonchev–Trinajstić information content (AvgIpc) is 3.17. The summed E-state index contributed by atoms with van der Waals surface area (Å²) in [5.41, 5.74) is 0.0882. The first-order valence-electron chi connectivity index (χ1n) is 7.53. The maximum absolute atomic E-state index is 10.8. The van der Waals surface area contributed by atoms with Gasteiger partial charge in [0.1, 0.15) is 12.1 Å². The molecule has 11 heteroatoms. The summed E-state index contributed by atoms with van der Waals surface area (Å²) in [6.07, 6.45) is 4.94. The number of hydrogen-bond acceptors (Lipinski definition) is 8. The molecule has 130 valence electrons. The number of aromatic nitrogens is 5. The number of unbranched alkanes of at least 4 members (excludes halogenated alkanes) is 1. The van der Waals surface area contributed by atoms with Gasteiger partial charge >= 0.3 is 0 Å². The Hall–Kier alpha value is -2.95. The third-order valence-corrected chi connectivity index (χ3v) is 4.35. The van der Waals surface area contributed by atoms with Crippen LogP contribution in [-0.4, -0.2) is 46.5 Å². The highest BCUT2D eigenvalue weighted by Crippen LogP contribution is 2.21. The minimum absolute atomic E-state index is 0.109.